The van der Waals surface area contributed by atoms with Crippen LogP contribution in [0.2, 0.25) is 0 Å². The standard InChI is InChI=1S/C13H26N2O2/c1-14-13(11-5-7-17-10-11)9-15-6-3-4-12(8-15)16-2/h11-14H,3-10H2,1-2H3. The SMILES string of the molecule is CNC(CN1CCCC(OC)C1)C1CCOC1. The van der Waals surface area contributed by atoms with Crippen molar-refractivity contribution in [1.82, 2.24) is 10.2 Å². The van der Waals surface area contributed by atoms with Crippen molar-refractivity contribution >= 4 is 0 Å². The smallest absolute Gasteiger partial charge is 0.0698 e. The molecule has 0 amide bonds. The van der Waals surface area contributed by atoms with Crippen molar-refractivity contribution in [1.29, 1.82) is 0 Å². The molecule has 0 aromatic rings. The van der Waals surface area contributed by atoms with Crippen molar-refractivity contribution in [2.45, 2.75) is 31.4 Å². The number of nitrogens with zero attached hydrogens (tertiary/aromatic N) is 1. The Labute approximate surface area is 105 Å². The van der Waals surface area contributed by atoms with E-state index in [0.717, 1.165) is 26.3 Å². The molecular weight excluding hydrogens is 216 g/mol. The summed E-state index contributed by atoms with van der Waals surface area (Å²) in [5.74, 6) is 0.683. The molecule has 2 fully saturated rings. The van der Waals surface area contributed by atoms with E-state index in [2.05, 4.69) is 17.3 Å². The van der Waals surface area contributed by atoms with Gasteiger partial charge in [0.05, 0.1) is 12.7 Å². The first-order valence-electron chi connectivity index (χ1n) is 6.83. The molecule has 0 aliphatic carbocycles. The van der Waals surface area contributed by atoms with Gasteiger partial charge in [-0.2, -0.15) is 0 Å². The van der Waals surface area contributed by atoms with Gasteiger partial charge >= 0.3 is 0 Å². The van der Waals surface area contributed by atoms with Crippen LogP contribution in [0.1, 0.15) is 19.3 Å². The van der Waals surface area contributed by atoms with Gasteiger partial charge in [0.1, 0.15) is 0 Å². The summed E-state index contributed by atoms with van der Waals surface area (Å²) in [6.07, 6.45) is 4.11. The monoisotopic (exact) mass is 242 g/mol. The van der Waals surface area contributed by atoms with Crippen LogP contribution in [0.15, 0.2) is 0 Å². The van der Waals surface area contributed by atoms with E-state index in [-0.39, 0.29) is 0 Å². The molecule has 2 saturated heterocycles. The quantitative estimate of drug-likeness (QED) is 0.770. The summed E-state index contributed by atoms with van der Waals surface area (Å²) in [7, 11) is 3.90. The van der Waals surface area contributed by atoms with E-state index < -0.39 is 0 Å². The van der Waals surface area contributed by atoms with Gasteiger partial charge < -0.3 is 14.8 Å². The third kappa shape index (κ3) is 3.65. The highest BCUT2D eigenvalue weighted by Gasteiger charge is 2.28. The lowest BCUT2D eigenvalue weighted by Gasteiger charge is -2.35. The first kappa shape index (κ1) is 13.3. The topological polar surface area (TPSA) is 33.7 Å². The number of piperidine rings is 1. The lowest BCUT2D eigenvalue weighted by Crippen LogP contribution is -2.48. The van der Waals surface area contributed by atoms with Gasteiger partial charge in [-0.15, -0.1) is 0 Å². The van der Waals surface area contributed by atoms with E-state index in [1.165, 1.54) is 25.8 Å². The minimum atomic E-state index is 0.432. The highest BCUT2D eigenvalue weighted by atomic mass is 16.5. The average molecular weight is 242 g/mol. The minimum Gasteiger partial charge on any atom is -0.381 e. The van der Waals surface area contributed by atoms with Crippen LogP contribution in [-0.4, -0.2) is 64.1 Å². The minimum absolute atomic E-state index is 0.432. The van der Waals surface area contributed by atoms with Gasteiger partial charge in [-0.25, -0.2) is 0 Å². The zero-order chi connectivity index (χ0) is 12.1. The molecule has 2 aliphatic heterocycles. The number of hydrogen-bond donors (Lipinski definition) is 1. The Morgan fingerprint density at radius 2 is 2.35 bits per heavy atom. The van der Waals surface area contributed by atoms with E-state index in [1.54, 1.807) is 0 Å². The maximum atomic E-state index is 5.49. The molecule has 0 aromatic heterocycles. The van der Waals surface area contributed by atoms with Crippen molar-refractivity contribution in [2.75, 3.05) is 47.0 Å². The second-order valence-electron chi connectivity index (χ2n) is 5.28. The lowest BCUT2D eigenvalue weighted by molar-refractivity contribution is 0.0254. The molecule has 1 N–H and O–H groups in total. The number of methoxy groups -OCH3 is 1. The fourth-order valence-corrected chi connectivity index (χ4v) is 3.00. The molecule has 0 aromatic carbocycles. The highest BCUT2D eigenvalue weighted by molar-refractivity contribution is 4.83. The summed E-state index contributed by atoms with van der Waals surface area (Å²) >= 11 is 0. The van der Waals surface area contributed by atoms with Crippen molar-refractivity contribution < 1.29 is 9.47 Å². The summed E-state index contributed by atoms with van der Waals surface area (Å²) in [4.78, 5) is 2.54. The van der Waals surface area contributed by atoms with Gasteiger partial charge in [-0.05, 0) is 32.9 Å². The summed E-state index contributed by atoms with van der Waals surface area (Å²) in [6, 6.07) is 0.563. The Bertz CT molecular complexity index is 219. The van der Waals surface area contributed by atoms with Crippen LogP contribution in [0.4, 0.5) is 0 Å². The lowest BCUT2D eigenvalue weighted by atomic mass is 9.97. The van der Waals surface area contributed by atoms with Crippen LogP contribution in [0.5, 0.6) is 0 Å². The van der Waals surface area contributed by atoms with Gasteiger partial charge in [-0.1, -0.05) is 0 Å². The summed E-state index contributed by atoms with van der Waals surface area (Å²) in [6.45, 7) is 5.29. The molecule has 2 heterocycles. The number of ether oxygens (including phenoxy) is 2. The molecule has 0 spiro atoms. The van der Waals surface area contributed by atoms with E-state index >= 15 is 0 Å². The average Bonchev–Trinajstić information content (AvgIpc) is 2.90. The molecule has 17 heavy (non-hydrogen) atoms. The number of likely N-dealkylation sites (tertiary alicyclic amines) is 1. The Morgan fingerprint density at radius 3 is 3.00 bits per heavy atom. The first-order chi connectivity index (χ1) is 8.33. The number of nitrogens with one attached hydrogen (secondary N) is 1. The molecule has 4 heteroatoms. The van der Waals surface area contributed by atoms with Gasteiger partial charge in [0, 0.05) is 38.8 Å². The van der Waals surface area contributed by atoms with E-state index in [9.17, 15) is 0 Å². The number of likely N-dealkylation sites (N-methyl/N-ethyl adjacent to an activating group) is 1. The van der Waals surface area contributed by atoms with Crippen LogP contribution < -0.4 is 5.32 Å². The van der Waals surface area contributed by atoms with Gasteiger partial charge in [0.25, 0.3) is 0 Å². The van der Waals surface area contributed by atoms with Crippen LogP contribution in [-0.2, 0) is 9.47 Å². The molecule has 3 unspecified atom stereocenters. The fourth-order valence-electron chi connectivity index (χ4n) is 3.00. The van der Waals surface area contributed by atoms with Gasteiger partial charge in [0.15, 0.2) is 0 Å². The maximum Gasteiger partial charge on any atom is 0.0698 e. The van der Waals surface area contributed by atoms with Crippen LogP contribution in [0.3, 0.4) is 0 Å². The fraction of sp³-hybridized carbons (Fsp3) is 1.00. The second-order valence-corrected chi connectivity index (χ2v) is 5.28. The Morgan fingerprint density at radius 1 is 1.47 bits per heavy atom. The zero-order valence-electron chi connectivity index (χ0n) is 11.2. The van der Waals surface area contributed by atoms with Crippen LogP contribution >= 0.6 is 0 Å². The van der Waals surface area contributed by atoms with E-state index in [4.69, 9.17) is 9.47 Å². The molecule has 0 radical (unpaired) electrons. The highest BCUT2D eigenvalue weighted by Crippen LogP contribution is 2.19. The zero-order valence-corrected chi connectivity index (χ0v) is 11.2. The van der Waals surface area contributed by atoms with Gasteiger partial charge in [0.2, 0.25) is 0 Å². The third-order valence-electron chi connectivity index (χ3n) is 4.16. The maximum absolute atomic E-state index is 5.49. The molecule has 100 valence electrons. The van der Waals surface area contributed by atoms with E-state index in [0.29, 0.717) is 18.1 Å². The van der Waals surface area contributed by atoms with E-state index in [1.807, 2.05) is 7.11 Å². The molecule has 4 nitrogen and oxygen atoms in total. The van der Waals surface area contributed by atoms with Crippen LogP contribution in [0.25, 0.3) is 0 Å². The predicted octanol–water partition coefficient (Wildman–Crippen LogP) is 0.722. The first-order valence-corrected chi connectivity index (χ1v) is 6.83. The van der Waals surface area contributed by atoms with Crippen LogP contribution in [0, 0.1) is 5.92 Å². The molecular formula is C13H26N2O2. The summed E-state index contributed by atoms with van der Waals surface area (Å²) in [5.41, 5.74) is 0. The molecule has 3 atom stereocenters. The number of rotatable bonds is 5. The van der Waals surface area contributed by atoms with Crippen molar-refractivity contribution in [3.63, 3.8) is 0 Å². The Balaban J connectivity index is 1.80. The molecule has 0 saturated carbocycles. The number of hydrogen-bond acceptors (Lipinski definition) is 4. The van der Waals surface area contributed by atoms with Crippen molar-refractivity contribution in [3.05, 3.63) is 0 Å². The summed E-state index contributed by atoms with van der Waals surface area (Å²) < 4.78 is 11.0. The van der Waals surface area contributed by atoms with Crippen molar-refractivity contribution in [2.24, 2.45) is 5.92 Å². The predicted molar refractivity (Wildman–Crippen MR) is 68.2 cm³/mol. The Hall–Kier alpha value is -0.160. The van der Waals surface area contributed by atoms with Gasteiger partial charge in [-0.3, -0.25) is 4.90 Å². The summed E-state index contributed by atoms with van der Waals surface area (Å²) in [5, 5.41) is 3.46. The molecule has 2 aliphatic rings. The molecule has 0 bridgehead atoms. The molecule has 2 rings (SSSR count). The largest absolute Gasteiger partial charge is 0.381 e. The van der Waals surface area contributed by atoms with Crippen molar-refractivity contribution in [3.8, 4) is 0 Å². The third-order valence-corrected chi connectivity index (χ3v) is 4.16. The normalized spacial score (nSPS) is 32.8. The Kier molecular flexibility index (Phi) is 5.22. The second kappa shape index (κ2) is 6.69.